The Morgan fingerprint density at radius 1 is 1.28 bits per heavy atom. The number of benzene rings is 1. The number of esters is 1. The monoisotopic (exact) mass is 392 g/mol. The molecule has 0 radical (unpaired) electrons. The van der Waals surface area contributed by atoms with Crippen LogP contribution in [0.15, 0.2) is 40.4 Å². The zero-order valence-corrected chi connectivity index (χ0v) is 15.5. The maximum Gasteiger partial charge on any atom is 0.337 e. The van der Waals surface area contributed by atoms with E-state index < -0.39 is 5.97 Å². The molecule has 0 saturated heterocycles. The molecule has 0 aliphatic carbocycles. The summed E-state index contributed by atoms with van der Waals surface area (Å²) in [5.74, 6) is -0.752. The minimum Gasteiger partial charge on any atom is -0.465 e. The van der Waals surface area contributed by atoms with Crippen LogP contribution in [-0.4, -0.2) is 24.0 Å². The maximum absolute atomic E-state index is 12.3. The number of nitrogens with zero attached hydrogens (tertiary/aromatic N) is 1. The van der Waals surface area contributed by atoms with Gasteiger partial charge in [-0.05, 0) is 29.6 Å². The molecule has 0 aliphatic heterocycles. The van der Waals surface area contributed by atoms with Crippen molar-refractivity contribution in [3.8, 4) is 10.6 Å². The minimum atomic E-state index is -0.493. The van der Waals surface area contributed by atoms with Gasteiger partial charge in [0, 0.05) is 16.3 Å². The summed E-state index contributed by atoms with van der Waals surface area (Å²) in [6.07, 6.45) is 0.124. The molecule has 0 atom stereocenters. The fraction of sp³-hybridized carbons (Fsp3) is 0.118. The van der Waals surface area contributed by atoms with E-state index in [1.165, 1.54) is 30.6 Å². The van der Waals surface area contributed by atoms with E-state index in [0.29, 0.717) is 22.0 Å². The van der Waals surface area contributed by atoms with Crippen LogP contribution >= 0.6 is 34.3 Å². The van der Waals surface area contributed by atoms with Gasteiger partial charge in [0.15, 0.2) is 0 Å². The number of rotatable bonds is 5. The fourth-order valence-corrected chi connectivity index (χ4v) is 3.83. The zero-order valence-electron chi connectivity index (χ0n) is 13.1. The number of carbonyl (C=O) groups is 2. The Hall–Kier alpha value is -2.22. The average molecular weight is 393 g/mol. The number of methoxy groups -OCH3 is 1. The summed E-state index contributed by atoms with van der Waals surface area (Å²) in [5, 5.41) is 9.80. The van der Waals surface area contributed by atoms with Crippen LogP contribution in [0.25, 0.3) is 10.6 Å². The predicted molar refractivity (Wildman–Crippen MR) is 101 cm³/mol. The molecule has 3 aromatic rings. The van der Waals surface area contributed by atoms with E-state index in [9.17, 15) is 9.59 Å². The molecule has 3 rings (SSSR count). The van der Waals surface area contributed by atoms with Gasteiger partial charge in [0.1, 0.15) is 5.01 Å². The lowest BCUT2D eigenvalue weighted by Gasteiger charge is -2.08. The molecular weight excluding hydrogens is 380 g/mol. The Labute approximate surface area is 157 Å². The highest BCUT2D eigenvalue weighted by atomic mass is 35.5. The largest absolute Gasteiger partial charge is 0.465 e. The van der Waals surface area contributed by atoms with Crippen molar-refractivity contribution in [3.63, 3.8) is 0 Å². The number of amides is 1. The summed E-state index contributed by atoms with van der Waals surface area (Å²) in [5.41, 5.74) is 2.41. The molecule has 25 heavy (non-hydrogen) atoms. The number of halogens is 1. The van der Waals surface area contributed by atoms with Gasteiger partial charge in [-0.25, -0.2) is 9.78 Å². The summed E-state index contributed by atoms with van der Waals surface area (Å²) in [6, 6.07) is 6.56. The van der Waals surface area contributed by atoms with Gasteiger partial charge < -0.3 is 10.1 Å². The number of hydrogen-bond acceptors (Lipinski definition) is 6. The van der Waals surface area contributed by atoms with Crippen LogP contribution in [0.4, 0.5) is 5.69 Å². The molecule has 0 bridgehead atoms. The van der Waals surface area contributed by atoms with Crippen molar-refractivity contribution in [3.05, 3.63) is 56.7 Å². The van der Waals surface area contributed by atoms with Crippen molar-refractivity contribution in [2.24, 2.45) is 0 Å². The first-order valence-electron chi connectivity index (χ1n) is 7.21. The van der Waals surface area contributed by atoms with Gasteiger partial charge in [0.2, 0.25) is 5.91 Å². The SMILES string of the molecule is COC(=O)c1ccc(Cl)c(NC(=O)Cc2csc(-c3ccsc3)n2)c1. The second kappa shape index (κ2) is 7.77. The minimum absolute atomic E-state index is 0.124. The van der Waals surface area contributed by atoms with E-state index in [1.54, 1.807) is 17.4 Å². The van der Waals surface area contributed by atoms with Crippen molar-refractivity contribution >= 4 is 51.8 Å². The number of carbonyl (C=O) groups excluding carboxylic acids is 2. The highest BCUT2D eigenvalue weighted by Crippen LogP contribution is 2.27. The van der Waals surface area contributed by atoms with Crippen molar-refractivity contribution < 1.29 is 14.3 Å². The third-order valence-electron chi connectivity index (χ3n) is 3.32. The lowest BCUT2D eigenvalue weighted by molar-refractivity contribution is -0.115. The van der Waals surface area contributed by atoms with Crippen LogP contribution in [0.1, 0.15) is 16.1 Å². The molecule has 5 nitrogen and oxygen atoms in total. The molecule has 0 spiro atoms. The van der Waals surface area contributed by atoms with Gasteiger partial charge in [0.05, 0.1) is 35.5 Å². The summed E-state index contributed by atoms with van der Waals surface area (Å²) in [6.45, 7) is 0. The van der Waals surface area contributed by atoms with Gasteiger partial charge in [-0.3, -0.25) is 4.79 Å². The third kappa shape index (κ3) is 4.25. The number of thiophene rings is 1. The second-order valence-electron chi connectivity index (χ2n) is 5.07. The van der Waals surface area contributed by atoms with Gasteiger partial charge in [-0.15, -0.1) is 11.3 Å². The van der Waals surface area contributed by atoms with Crippen molar-refractivity contribution in [1.29, 1.82) is 0 Å². The Kier molecular flexibility index (Phi) is 5.47. The van der Waals surface area contributed by atoms with E-state index in [-0.39, 0.29) is 12.3 Å². The molecular formula is C17H13ClN2O3S2. The summed E-state index contributed by atoms with van der Waals surface area (Å²) < 4.78 is 4.67. The predicted octanol–water partition coefficient (Wildman–Crippen LogP) is 4.49. The summed E-state index contributed by atoms with van der Waals surface area (Å²) >= 11 is 9.18. The lowest BCUT2D eigenvalue weighted by atomic mass is 10.2. The average Bonchev–Trinajstić information content (AvgIpc) is 3.27. The number of ether oxygens (including phenoxy) is 1. The van der Waals surface area contributed by atoms with Gasteiger partial charge in [-0.2, -0.15) is 11.3 Å². The quantitative estimate of drug-likeness (QED) is 0.649. The summed E-state index contributed by atoms with van der Waals surface area (Å²) in [7, 11) is 1.29. The molecule has 1 N–H and O–H groups in total. The van der Waals surface area contributed by atoms with E-state index in [1.807, 2.05) is 22.2 Å². The molecule has 0 unspecified atom stereocenters. The number of nitrogens with one attached hydrogen (secondary N) is 1. The molecule has 128 valence electrons. The van der Waals surface area contributed by atoms with Crippen LogP contribution in [0.5, 0.6) is 0 Å². The maximum atomic E-state index is 12.3. The van der Waals surface area contributed by atoms with Crippen LogP contribution in [0.3, 0.4) is 0 Å². The molecule has 8 heteroatoms. The van der Waals surface area contributed by atoms with Crippen LogP contribution < -0.4 is 5.32 Å². The Morgan fingerprint density at radius 3 is 2.84 bits per heavy atom. The van der Waals surface area contributed by atoms with E-state index in [4.69, 9.17) is 11.6 Å². The number of aromatic nitrogens is 1. The first kappa shape index (κ1) is 17.6. The van der Waals surface area contributed by atoms with Crippen molar-refractivity contribution in [1.82, 2.24) is 4.98 Å². The first-order chi connectivity index (χ1) is 12.1. The molecule has 0 aliphatic rings. The van der Waals surface area contributed by atoms with Gasteiger partial charge in [0.25, 0.3) is 0 Å². The van der Waals surface area contributed by atoms with Crippen LogP contribution in [0.2, 0.25) is 5.02 Å². The van der Waals surface area contributed by atoms with Crippen molar-refractivity contribution in [2.45, 2.75) is 6.42 Å². The Bertz CT molecular complexity index is 907. The topological polar surface area (TPSA) is 68.3 Å². The lowest BCUT2D eigenvalue weighted by Crippen LogP contribution is -2.15. The standard InChI is InChI=1S/C17H13ClN2O3S2/c1-23-17(22)10-2-3-13(18)14(6-10)20-15(21)7-12-9-25-16(19-12)11-4-5-24-8-11/h2-6,8-9H,7H2,1H3,(H,20,21). The van der Waals surface area contributed by atoms with Crippen LogP contribution in [-0.2, 0) is 16.0 Å². The zero-order chi connectivity index (χ0) is 17.8. The van der Waals surface area contributed by atoms with Gasteiger partial charge >= 0.3 is 5.97 Å². The molecule has 1 amide bonds. The van der Waals surface area contributed by atoms with Crippen molar-refractivity contribution in [2.75, 3.05) is 12.4 Å². The number of thiazole rings is 1. The van der Waals surface area contributed by atoms with Gasteiger partial charge in [-0.1, -0.05) is 11.6 Å². The van der Waals surface area contributed by atoms with E-state index >= 15 is 0 Å². The van der Waals surface area contributed by atoms with E-state index in [2.05, 4.69) is 15.0 Å². The normalized spacial score (nSPS) is 10.5. The molecule has 1 aromatic carbocycles. The Morgan fingerprint density at radius 2 is 2.12 bits per heavy atom. The molecule has 0 saturated carbocycles. The summed E-state index contributed by atoms with van der Waals surface area (Å²) in [4.78, 5) is 28.3. The highest BCUT2D eigenvalue weighted by Gasteiger charge is 2.13. The molecule has 2 aromatic heterocycles. The van der Waals surface area contributed by atoms with Crippen LogP contribution in [0, 0.1) is 0 Å². The number of anilines is 1. The second-order valence-corrected chi connectivity index (χ2v) is 7.11. The number of hydrogen-bond donors (Lipinski definition) is 1. The smallest absolute Gasteiger partial charge is 0.337 e. The third-order valence-corrected chi connectivity index (χ3v) is 5.28. The molecule has 2 heterocycles. The van der Waals surface area contributed by atoms with E-state index in [0.717, 1.165) is 10.6 Å². The first-order valence-corrected chi connectivity index (χ1v) is 9.41. The Balaban J connectivity index is 1.70. The fourth-order valence-electron chi connectivity index (χ4n) is 2.13. The highest BCUT2D eigenvalue weighted by molar-refractivity contribution is 7.14. The molecule has 0 fully saturated rings.